The zero-order valence-electron chi connectivity index (χ0n) is 17.6. The van der Waals surface area contributed by atoms with E-state index in [1.807, 2.05) is 65.8 Å². The highest BCUT2D eigenvalue weighted by Gasteiger charge is 2.25. The molecule has 2 aromatic carbocycles. The number of aryl methyl sites for hydroxylation is 1. The van der Waals surface area contributed by atoms with Gasteiger partial charge in [-0.05, 0) is 49.9 Å². The molecule has 6 heteroatoms. The van der Waals surface area contributed by atoms with Crippen LogP contribution in [-0.4, -0.2) is 27.9 Å². The number of aromatic nitrogens is 2. The number of hydrogen-bond acceptors (Lipinski definition) is 3. The van der Waals surface area contributed by atoms with E-state index >= 15 is 0 Å². The van der Waals surface area contributed by atoms with Gasteiger partial charge in [0.1, 0.15) is 12.4 Å². The quantitative estimate of drug-likeness (QED) is 0.675. The molecule has 2 amide bonds. The van der Waals surface area contributed by atoms with E-state index in [0.29, 0.717) is 12.2 Å². The van der Waals surface area contributed by atoms with E-state index in [9.17, 15) is 9.59 Å². The first kappa shape index (κ1) is 20.1. The molecule has 3 aromatic rings. The molecular weight excluding hydrogens is 376 g/mol. The number of rotatable bonds is 6. The second-order valence-corrected chi connectivity index (χ2v) is 7.86. The van der Waals surface area contributed by atoms with Crippen molar-refractivity contribution in [2.75, 3.05) is 11.4 Å². The third-order valence-electron chi connectivity index (χ3n) is 5.63. The normalized spacial score (nSPS) is 14.4. The molecule has 1 aromatic heterocycles. The number of carbonyl (C=O) groups excluding carboxylic acids is 2. The Morgan fingerprint density at radius 1 is 1.13 bits per heavy atom. The fraction of sp³-hybridized carbons (Fsp3) is 0.375. The van der Waals surface area contributed by atoms with Gasteiger partial charge >= 0.3 is 0 Å². The maximum atomic E-state index is 13.4. The van der Waals surface area contributed by atoms with Gasteiger partial charge in [0, 0.05) is 18.7 Å². The zero-order valence-corrected chi connectivity index (χ0v) is 17.6. The second kappa shape index (κ2) is 8.69. The Bertz CT molecular complexity index is 1070. The first-order valence-corrected chi connectivity index (χ1v) is 10.7. The molecule has 6 nitrogen and oxygen atoms in total. The summed E-state index contributed by atoms with van der Waals surface area (Å²) in [5.41, 5.74) is 3.95. The number of anilines is 1. The van der Waals surface area contributed by atoms with Gasteiger partial charge in [0.05, 0.1) is 17.1 Å². The van der Waals surface area contributed by atoms with Gasteiger partial charge in [-0.25, -0.2) is 4.98 Å². The zero-order chi connectivity index (χ0) is 21.1. The summed E-state index contributed by atoms with van der Waals surface area (Å²) in [7, 11) is 0. The predicted octanol–water partition coefficient (Wildman–Crippen LogP) is 3.99. The van der Waals surface area contributed by atoms with Crippen LogP contribution >= 0.6 is 0 Å². The molecule has 0 spiro atoms. The minimum atomic E-state index is -0.280. The average Bonchev–Trinajstić information content (AvgIpc) is 3.12. The number of nitrogens with zero attached hydrogens (tertiary/aromatic N) is 3. The summed E-state index contributed by atoms with van der Waals surface area (Å²) in [6.07, 6.45) is 3.24. The van der Waals surface area contributed by atoms with Crippen molar-refractivity contribution in [1.82, 2.24) is 14.9 Å². The van der Waals surface area contributed by atoms with Gasteiger partial charge < -0.3 is 14.8 Å². The van der Waals surface area contributed by atoms with Crippen molar-refractivity contribution in [3.8, 4) is 0 Å². The Hall–Kier alpha value is -3.15. The van der Waals surface area contributed by atoms with Crippen LogP contribution in [0.25, 0.3) is 11.0 Å². The van der Waals surface area contributed by atoms with Crippen molar-refractivity contribution in [2.24, 2.45) is 0 Å². The van der Waals surface area contributed by atoms with Gasteiger partial charge in [-0.2, -0.15) is 0 Å². The lowest BCUT2D eigenvalue weighted by Gasteiger charge is -2.30. The summed E-state index contributed by atoms with van der Waals surface area (Å²) in [4.78, 5) is 32.1. The largest absolute Gasteiger partial charge is 0.346 e. The predicted molar refractivity (Wildman–Crippen MR) is 118 cm³/mol. The van der Waals surface area contributed by atoms with Gasteiger partial charge in [0.15, 0.2) is 0 Å². The van der Waals surface area contributed by atoms with Crippen LogP contribution in [0.15, 0.2) is 48.5 Å². The molecule has 30 heavy (non-hydrogen) atoms. The summed E-state index contributed by atoms with van der Waals surface area (Å²) in [6.45, 7) is 4.82. The van der Waals surface area contributed by atoms with E-state index in [1.165, 1.54) is 5.56 Å². The summed E-state index contributed by atoms with van der Waals surface area (Å²) >= 11 is 0. The highest BCUT2D eigenvalue weighted by atomic mass is 16.2. The molecule has 0 saturated carbocycles. The number of carbonyl (C=O) groups is 2. The summed E-state index contributed by atoms with van der Waals surface area (Å²) in [5, 5.41) is 3.02. The van der Waals surface area contributed by atoms with E-state index in [-0.39, 0.29) is 24.4 Å². The Morgan fingerprint density at radius 2 is 1.90 bits per heavy atom. The van der Waals surface area contributed by atoms with Crippen molar-refractivity contribution in [1.29, 1.82) is 0 Å². The Labute approximate surface area is 176 Å². The van der Waals surface area contributed by atoms with Crippen LogP contribution < -0.4 is 10.2 Å². The van der Waals surface area contributed by atoms with Gasteiger partial charge in [0.25, 0.3) is 0 Å². The van der Waals surface area contributed by atoms with Crippen LogP contribution in [0.2, 0.25) is 0 Å². The van der Waals surface area contributed by atoms with Crippen molar-refractivity contribution < 1.29 is 9.59 Å². The monoisotopic (exact) mass is 404 g/mol. The molecule has 0 bridgehead atoms. The summed E-state index contributed by atoms with van der Waals surface area (Å²) in [5.74, 6) is 0.748. The Morgan fingerprint density at radius 3 is 2.73 bits per heavy atom. The van der Waals surface area contributed by atoms with Crippen LogP contribution in [0.3, 0.4) is 0 Å². The number of fused-ring (bicyclic) bond motifs is 2. The lowest BCUT2D eigenvalue weighted by Crippen LogP contribution is -2.38. The standard InChI is InChI=1S/C24H28N4O2/c1-3-9-22(29)25-17(2)24-26-19-12-5-7-14-21(19)28(24)16-23(30)27-15-8-11-18-10-4-6-13-20(18)27/h4-7,10,12-14,17H,3,8-9,11,15-16H2,1-2H3,(H,25,29). The van der Waals surface area contributed by atoms with Crippen molar-refractivity contribution in [2.45, 2.75) is 52.1 Å². The third kappa shape index (κ3) is 3.95. The van der Waals surface area contributed by atoms with Gasteiger partial charge in [-0.15, -0.1) is 0 Å². The fourth-order valence-electron chi connectivity index (χ4n) is 4.21. The minimum absolute atomic E-state index is 0.000101. The van der Waals surface area contributed by atoms with Crippen molar-refractivity contribution in [3.63, 3.8) is 0 Å². The highest BCUT2D eigenvalue weighted by molar-refractivity contribution is 5.95. The first-order chi connectivity index (χ1) is 14.6. The van der Waals surface area contributed by atoms with Crippen LogP contribution in [0.1, 0.15) is 50.5 Å². The van der Waals surface area contributed by atoms with Crippen LogP contribution in [0.4, 0.5) is 5.69 Å². The second-order valence-electron chi connectivity index (χ2n) is 7.86. The van der Waals surface area contributed by atoms with E-state index in [1.54, 1.807) is 0 Å². The van der Waals surface area contributed by atoms with Crippen LogP contribution in [-0.2, 0) is 22.6 Å². The van der Waals surface area contributed by atoms with Gasteiger partial charge in [0.2, 0.25) is 11.8 Å². The van der Waals surface area contributed by atoms with Crippen molar-refractivity contribution >= 4 is 28.5 Å². The van der Waals surface area contributed by atoms with E-state index in [4.69, 9.17) is 4.98 Å². The lowest BCUT2D eigenvalue weighted by molar-refractivity contribution is -0.121. The molecule has 2 heterocycles. The number of nitrogens with one attached hydrogen (secondary N) is 1. The molecule has 4 rings (SSSR count). The third-order valence-corrected chi connectivity index (χ3v) is 5.63. The van der Waals surface area contributed by atoms with Gasteiger partial charge in [-0.3, -0.25) is 9.59 Å². The topological polar surface area (TPSA) is 67.2 Å². The number of imidazole rings is 1. The molecule has 0 radical (unpaired) electrons. The lowest BCUT2D eigenvalue weighted by atomic mass is 10.0. The smallest absolute Gasteiger partial charge is 0.246 e. The summed E-state index contributed by atoms with van der Waals surface area (Å²) < 4.78 is 1.95. The van der Waals surface area contributed by atoms with Crippen molar-refractivity contribution in [3.05, 3.63) is 59.9 Å². The molecule has 1 N–H and O–H groups in total. The molecule has 1 aliphatic rings. The molecule has 1 aliphatic heterocycles. The Balaban J connectivity index is 1.65. The molecule has 1 atom stereocenters. The maximum absolute atomic E-state index is 13.4. The molecule has 0 fully saturated rings. The number of hydrogen-bond donors (Lipinski definition) is 1. The maximum Gasteiger partial charge on any atom is 0.246 e. The average molecular weight is 405 g/mol. The number of para-hydroxylation sites is 3. The summed E-state index contributed by atoms with van der Waals surface area (Å²) in [6, 6.07) is 15.6. The molecule has 1 unspecified atom stereocenters. The van der Waals surface area contributed by atoms with Crippen LogP contribution in [0.5, 0.6) is 0 Å². The minimum Gasteiger partial charge on any atom is -0.346 e. The highest BCUT2D eigenvalue weighted by Crippen LogP contribution is 2.28. The van der Waals surface area contributed by atoms with E-state index < -0.39 is 0 Å². The van der Waals surface area contributed by atoms with E-state index in [0.717, 1.165) is 42.5 Å². The first-order valence-electron chi connectivity index (χ1n) is 10.7. The molecular formula is C24H28N4O2. The van der Waals surface area contributed by atoms with E-state index in [2.05, 4.69) is 11.4 Å². The van der Waals surface area contributed by atoms with Crippen LogP contribution in [0, 0.1) is 0 Å². The molecule has 156 valence electrons. The number of benzene rings is 2. The Kier molecular flexibility index (Phi) is 5.84. The molecule has 0 aliphatic carbocycles. The van der Waals surface area contributed by atoms with Gasteiger partial charge in [-0.1, -0.05) is 37.3 Å². The molecule has 0 saturated heterocycles. The number of amides is 2. The SMILES string of the molecule is CCCC(=O)NC(C)c1nc2ccccc2n1CC(=O)N1CCCc2ccccc21. The fourth-order valence-corrected chi connectivity index (χ4v) is 4.21.